The van der Waals surface area contributed by atoms with Gasteiger partial charge in [0.25, 0.3) is 0 Å². The molecule has 4 rings (SSSR count). The van der Waals surface area contributed by atoms with Crippen molar-refractivity contribution in [2.45, 2.75) is 44.1 Å². The van der Waals surface area contributed by atoms with Crippen molar-refractivity contribution in [1.29, 1.82) is 0 Å². The maximum Gasteiger partial charge on any atom is 0.142 e. The van der Waals surface area contributed by atoms with Gasteiger partial charge in [-0.25, -0.2) is 0 Å². The van der Waals surface area contributed by atoms with E-state index in [2.05, 4.69) is 5.16 Å². The average molecular weight is 249 g/mol. The third kappa shape index (κ3) is 1.06. The second kappa shape index (κ2) is 3.35. The van der Waals surface area contributed by atoms with Gasteiger partial charge in [-0.1, -0.05) is 5.16 Å². The van der Waals surface area contributed by atoms with E-state index in [9.17, 15) is 15.1 Å². The van der Waals surface area contributed by atoms with E-state index in [0.717, 1.165) is 38.5 Å². The van der Waals surface area contributed by atoms with Crippen LogP contribution in [0.25, 0.3) is 0 Å². The number of Topliss-reactive ketones (excluding diaryl/α,β-unsaturated/α-hetero) is 1. The first-order valence-electron chi connectivity index (χ1n) is 7.14. The molecule has 4 bridgehead atoms. The quantitative estimate of drug-likeness (QED) is 0.547. The third-order valence-corrected chi connectivity index (χ3v) is 6.09. The molecule has 4 fully saturated rings. The van der Waals surface area contributed by atoms with Crippen molar-refractivity contribution in [2.75, 3.05) is 0 Å². The van der Waals surface area contributed by atoms with E-state index in [4.69, 9.17) is 0 Å². The first kappa shape index (κ1) is 11.0. The van der Waals surface area contributed by atoms with Crippen LogP contribution in [0, 0.1) is 29.6 Å². The zero-order valence-corrected chi connectivity index (χ0v) is 10.4. The first-order chi connectivity index (χ1) is 8.66. The van der Waals surface area contributed by atoms with Crippen LogP contribution in [0.15, 0.2) is 5.16 Å². The number of carbonyl (C=O) groups excluding carboxylic acids is 1. The number of fused-ring (bicyclic) bond motifs is 4. The molecule has 0 spiro atoms. The monoisotopic (exact) mass is 249 g/mol. The summed E-state index contributed by atoms with van der Waals surface area (Å²) in [5.74, 6) is 0.797. The highest BCUT2D eigenvalue weighted by atomic mass is 16.4. The van der Waals surface area contributed by atoms with Crippen LogP contribution < -0.4 is 0 Å². The smallest absolute Gasteiger partial charge is 0.142 e. The molecule has 0 aromatic rings. The Hall–Kier alpha value is -0.900. The van der Waals surface area contributed by atoms with Crippen LogP contribution in [0.1, 0.15) is 38.5 Å². The van der Waals surface area contributed by atoms with Crippen LogP contribution in [0.5, 0.6) is 0 Å². The molecule has 4 nitrogen and oxygen atoms in total. The molecule has 0 heterocycles. The summed E-state index contributed by atoms with van der Waals surface area (Å²) in [5.41, 5.74) is -0.598. The lowest BCUT2D eigenvalue weighted by molar-refractivity contribution is -0.134. The van der Waals surface area contributed by atoms with Gasteiger partial charge in [0.1, 0.15) is 11.4 Å². The van der Waals surface area contributed by atoms with Crippen molar-refractivity contribution >= 4 is 11.5 Å². The van der Waals surface area contributed by atoms with E-state index in [1.165, 1.54) is 0 Å². The minimum absolute atomic E-state index is 0.140. The van der Waals surface area contributed by atoms with Gasteiger partial charge >= 0.3 is 0 Å². The summed E-state index contributed by atoms with van der Waals surface area (Å²) >= 11 is 0. The molecule has 4 heteroatoms. The maximum atomic E-state index is 12.4. The molecule has 0 saturated heterocycles. The van der Waals surface area contributed by atoms with Crippen molar-refractivity contribution in [3.63, 3.8) is 0 Å². The second-order valence-corrected chi connectivity index (χ2v) is 6.67. The number of carbonyl (C=O) groups is 1. The zero-order valence-electron chi connectivity index (χ0n) is 10.4. The highest BCUT2D eigenvalue weighted by Gasteiger charge is 2.66. The molecule has 4 saturated carbocycles. The molecule has 98 valence electrons. The summed E-state index contributed by atoms with van der Waals surface area (Å²) in [6.45, 7) is 0. The normalized spacial score (nSPS) is 55.9. The fourth-order valence-electron chi connectivity index (χ4n) is 5.38. The van der Waals surface area contributed by atoms with Crippen molar-refractivity contribution in [1.82, 2.24) is 0 Å². The van der Waals surface area contributed by atoms with Crippen LogP contribution in [0.2, 0.25) is 0 Å². The molecule has 6 atom stereocenters. The molecule has 2 N–H and O–H groups in total. The van der Waals surface area contributed by atoms with E-state index in [-0.39, 0.29) is 29.5 Å². The van der Waals surface area contributed by atoms with Gasteiger partial charge in [0.2, 0.25) is 0 Å². The SMILES string of the molecule is O=C1[C@H]2CC[C@@H](C2)[C@H]1[C@]1(O)/C(=N\O)[C@H]2CC[C@H]1C2. The molecule has 18 heavy (non-hydrogen) atoms. The molecule has 4 aliphatic carbocycles. The Kier molecular flexibility index (Phi) is 2.04. The molecule has 0 amide bonds. The van der Waals surface area contributed by atoms with E-state index in [1.807, 2.05) is 0 Å². The Balaban J connectivity index is 1.77. The molecule has 0 radical (unpaired) electrons. The van der Waals surface area contributed by atoms with Gasteiger partial charge < -0.3 is 10.3 Å². The number of rotatable bonds is 1. The average Bonchev–Trinajstić information content (AvgIpc) is 3.06. The Morgan fingerprint density at radius 2 is 1.89 bits per heavy atom. The Bertz CT molecular complexity index is 446. The van der Waals surface area contributed by atoms with Crippen LogP contribution in [0.4, 0.5) is 0 Å². The third-order valence-electron chi connectivity index (χ3n) is 6.09. The van der Waals surface area contributed by atoms with Gasteiger partial charge in [0.05, 0.1) is 11.6 Å². The first-order valence-corrected chi connectivity index (χ1v) is 7.14. The van der Waals surface area contributed by atoms with E-state index in [1.54, 1.807) is 0 Å². The summed E-state index contributed by atoms with van der Waals surface area (Å²) in [6, 6.07) is 0. The summed E-state index contributed by atoms with van der Waals surface area (Å²) in [6.07, 6.45) is 5.87. The predicted molar refractivity (Wildman–Crippen MR) is 64.3 cm³/mol. The summed E-state index contributed by atoms with van der Waals surface area (Å²) in [5, 5.41) is 23.8. The van der Waals surface area contributed by atoms with Crippen molar-refractivity contribution in [3.05, 3.63) is 0 Å². The summed E-state index contributed by atoms with van der Waals surface area (Å²) in [7, 11) is 0. The van der Waals surface area contributed by atoms with E-state index in [0.29, 0.717) is 11.6 Å². The summed E-state index contributed by atoms with van der Waals surface area (Å²) in [4.78, 5) is 12.4. The number of hydrogen-bond acceptors (Lipinski definition) is 4. The fraction of sp³-hybridized carbons (Fsp3) is 0.857. The Morgan fingerprint density at radius 1 is 1.11 bits per heavy atom. The number of ketones is 1. The van der Waals surface area contributed by atoms with Crippen molar-refractivity contribution in [2.24, 2.45) is 34.7 Å². The number of hydrogen-bond donors (Lipinski definition) is 2. The largest absolute Gasteiger partial charge is 0.411 e. The van der Waals surface area contributed by atoms with Gasteiger partial charge in [-0.05, 0) is 50.4 Å². The minimum Gasteiger partial charge on any atom is -0.411 e. The topological polar surface area (TPSA) is 69.9 Å². The minimum atomic E-state index is -1.12. The van der Waals surface area contributed by atoms with Crippen molar-refractivity contribution in [3.8, 4) is 0 Å². The van der Waals surface area contributed by atoms with Gasteiger partial charge in [-0.2, -0.15) is 0 Å². The highest BCUT2D eigenvalue weighted by Crippen LogP contribution is 2.59. The number of oxime groups is 1. The van der Waals surface area contributed by atoms with Gasteiger partial charge in [-0.3, -0.25) is 4.79 Å². The van der Waals surface area contributed by atoms with E-state index < -0.39 is 5.60 Å². The van der Waals surface area contributed by atoms with Crippen LogP contribution >= 0.6 is 0 Å². The Labute approximate surface area is 106 Å². The maximum absolute atomic E-state index is 12.4. The molecular formula is C14H19NO3. The molecule has 0 aromatic carbocycles. The molecular weight excluding hydrogens is 230 g/mol. The van der Waals surface area contributed by atoms with Crippen LogP contribution in [0.3, 0.4) is 0 Å². The van der Waals surface area contributed by atoms with Crippen LogP contribution in [-0.4, -0.2) is 27.4 Å². The lowest BCUT2D eigenvalue weighted by atomic mass is 9.67. The zero-order chi connectivity index (χ0) is 12.5. The lowest BCUT2D eigenvalue weighted by Crippen LogP contribution is -2.54. The molecule has 4 aliphatic rings. The fourth-order valence-corrected chi connectivity index (χ4v) is 5.38. The Morgan fingerprint density at radius 3 is 2.56 bits per heavy atom. The standard InChI is InChI=1S/C14H19NO3/c16-12-8-2-1-7(5-8)11(12)14(17)10-4-3-9(6-10)13(14)15-18/h7-11,17-18H,1-6H2/b15-13-/t7-,8-,9-,10-,11+,14-/m0/s1. The molecule has 0 aromatic heterocycles. The van der Waals surface area contributed by atoms with E-state index >= 15 is 0 Å². The van der Waals surface area contributed by atoms with Crippen LogP contribution in [-0.2, 0) is 4.79 Å². The lowest BCUT2D eigenvalue weighted by Gasteiger charge is -2.40. The van der Waals surface area contributed by atoms with Gasteiger partial charge in [-0.15, -0.1) is 0 Å². The van der Waals surface area contributed by atoms with Crippen molar-refractivity contribution < 1.29 is 15.1 Å². The highest BCUT2D eigenvalue weighted by molar-refractivity contribution is 6.03. The van der Waals surface area contributed by atoms with Gasteiger partial charge in [0.15, 0.2) is 0 Å². The predicted octanol–water partition coefficient (Wildman–Crippen LogP) is 1.59. The summed E-state index contributed by atoms with van der Waals surface area (Å²) < 4.78 is 0. The van der Waals surface area contributed by atoms with Gasteiger partial charge in [0, 0.05) is 11.8 Å². The second-order valence-electron chi connectivity index (χ2n) is 6.67. The number of aliphatic hydroxyl groups is 1. The molecule has 0 unspecified atom stereocenters. The number of nitrogens with zero attached hydrogens (tertiary/aromatic N) is 1. The molecule has 0 aliphatic heterocycles.